The molecule has 0 amide bonds. The minimum atomic E-state index is -1.44. The minimum absolute atomic E-state index is 0.0894. The topological polar surface area (TPSA) is 152 Å². The fourth-order valence-corrected chi connectivity index (χ4v) is 1.66. The fourth-order valence-electron chi connectivity index (χ4n) is 1.66. The second-order valence-corrected chi connectivity index (χ2v) is 5.00. The lowest BCUT2D eigenvalue weighted by Crippen LogP contribution is -2.14. The van der Waals surface area contributed by atoms with Crippen LogP contribution in [-0.2, 0) is 20.8 Å². The molecule has 0 radical (unpaired) electrons. The van der Waals surface area contributed by atoms with E-state index in [9.17, 15) is 14.4 Å². The van der Waals surface area contributed by atoms with Crippen LogP contribution in [0.5, 0.6) is 11.5 Å². The third kappa shape index (κ3) is 7.18. The highest BCUT2D eigenvalue weighted by molar-refractivity contribution is 6.33. The fraction of sp³-hybridized carbons (Fsp3) is 0.0556. The molecule has 2 aromatic carbocycles. The maximum absolute atomic E-state index is 10.7. The first-order chi connectivity index (χ1) is 12.2. The molecule has 0 saturated carbocycles. The van der Waals surface area contributed by atoms with Gasteiger partial charge in [-0.1, -0.05) is 24.3 Å². The van der Waals surface area contributed by atoms with Crippen LogP contribution in [0.15, 0.2) is 54.3 Å². The first-order valence-corrected chi connectivity index (χ1v) is 7.16. The van der Waals surface area contributed by atoms with Gasteiger partial charge in [-0.05, 0) is 41.5 Å². The van der Waals surface area contributed by atoms with E-state index in [0.717, 1.165) is 6.08 Å². The Morgan fingerprint density at radius 3 is 1.62 bits per heavy atom. The molecule has 0 heterocycles. The Kier molecular flexibility index (Phi) is 7.38. The summed E-state index contributed by atoms with van der Waals surface area (Å²) in [4.78, 5) is 31.1. The van der Waals surface area contributed by atoms with Crippen molar-refractivity contribution in [2.45, 2.75) is 6.42 Å². The van der Waals surface area contributed by atoms with Crippen LogP contribution >= 0.6 is 0 Å². The SMILES string of the molecule is O=C(O)/C(O)=C/c1ccc(O)cc1.O=C(O)C(=O)Cc1ccc(O)cc1. The Balaban J connectivity index is 0.000000260. The number of hydrogen-bond donors (Lipinski definition) is 5. The molecule has 0 spiro atoms. The van der Waals surface area contributed by atoms with Gasteiger partial charge in [0.25, 0.3) is 0 Å². The van der Waals surface area contributed by atoms with Gasteiger partial charge in [-0.3, -0.25) is 4.79 Å². The lowest BCUT2D eigenvalue weighted by molar-refractivity contribution is -0.148. The predicted octanol–water partition coefficient (Wildman–Crippen LogP) is 1.96. The van der Waals surface area contributed by atoms with Gasteiger partial charge in [-0.15, -0.1) is 0 Å². The molecule has 2 rings (SSSR count). The van der Waals surface area contributed by atoms with Gasteiger partial charge in [0.1, 0.15) is 11.5 Å². The van der Waals surface area contributed by atoms with Crippen LogP contribution in [0, 0.1) is 0 Å². The number of benzene rings is 2. The number of ketones is 1. The Hall–Kier alpha value is -3.81. The zero-order valence-corrected chi connectivity index (χ0v) is 13.4. The van der Waals surface area contributed by atoms with Crippen molar-refractivity contribution in [2.24, 2.45) is 0 Å². The molecule has 2 aromatic rings. The number of carboxylic acid groups (broad SMARTS) is 2. The molecule has 0 bridgehead atoms. The van der Waals surface area contributed by atoms with Crippen LogP contribution in [0.1, 0.15) is 11.1 Å². The summed E-state index contributed by atoms with van der Waals surface area (Å²) in [6, 6.07) is 11.6. The van der Waals surface area contributed by atoms with Crippen LogP contribution in [0.2, 0.25) is 0 Å². The highest BCUT2D eigenvalue weighted by Crippen LogP contribution is 2.12. The summed E-state index contributed by atoms with van der Waals surface area (Å²) in [5, 5.41) is 43.3. The van der Waals surface area contributed by atoms with Crippen molar-refractivity contribution in [1.82, 2.24) is 0 Å². The van der Waals surface area contributed by atoms with Gasteiger partial charge in [-0.25, -0.2) is 9.59 Å². The number of carbonyl (C=O) groups excluding carboxylic acids is 1. The monoisotopic (exact) mass is 360 g/mol. The summed E-state index contributed by atoms with van der Waals surface area (Å²) >= 11 is 0. The zero-order chi connectivity index (χ0) is 19.7. The molecule has 0 aliphatic rings. The molecule has 136 valence electrons. The largest absolute Gasteiger partial charge is 0.508 e. The van der Waals surface area contributed by atoms with Gasteiger partial charge in [0.2, 0.25) is 11.5 Å². The molecule has 8 nitrogen and oxygen atoms in total. The number of phenols is 2. The molecular formula is C18H16O8. The minimum Gasteiger partial charge on any atom is -0.508 e. The van der Waals surface area contributed by atoms with Crippen LogP contribution in [-0.4, -0.2) is 43.3 Å². The highest BCUT2D eigenvalue weighted by atomic mass is 16.4. The Morgan fingerprint density at radius 2 is 1.19 bits per heavy atom. The number of rotatable bonds is 5. The Morgan fingerprint density at radius 1 is 0.731 bits per heavy atom. The number of aromatic hydroxyl groups is 2. The smallest absolute Gasteiger partial charge is 0.372 e. The lowest BCUT2D eigenvalue weighted by atomic mass is 10.1. The molecule has 0 aromatic heterocycles. The molecule has 0 atom stereocenters. The third-order valence-electron chi connectivity index (χ3n) is 2.96. The second-order valence-electron chi connectivity index (χ2n) is 5.00. The summed E-state index contributed by atoms with van der Waals surface area (Å²) in [5.41, 5.74) is 1.09. The highest BCUT2D eigenvalue weighted by Gasteiger charge is 2.11. The maximum Gasteiger partial charge on any atom is 0.372 e. The van der Waals surface area contributed by atoms with Crippen molar-refractivity contribution >= 4 is 23.8 Å². The molecular weight excluding hydrogens is 344 g/mol. The summed E-state index contributed by atoms with van der Waals surface area (Å²) in [6.07, 6.45) is 0.956. The van der Waals surface area contributed by atoms with Gasteiger partial charge in [0, 0.05) is 6.42 Å². The maximum atomic E-state index is 10.7. The van der Waals surface area contributed by atoms with E-state index >= 15 is 0 Å². The first kappa shape index (κ1) is 20.2. The zero-order valence-electron chi connectivity index (χ0n) is 13.4. The average Bonchev–Trinajstić information content (AvgIpc) is 2.59. The van der Waals surface area contributed by atoms with Crippen molar-refractivity contribution in [3.63, 3.8) is 0 Å². The number of carboxylic acids is 2. The van der Waals surface area contributed by atoms with Gasteiger partial charge in [-0.2, -0.15) is 0 Å². The number of phenolic OH excluding ortho intramolecular Hbond substituents is 2. The molecule has 8 heteroatoms. The second kappa shape index (κ2) is 9.48. The van der Waals surface area contributed by atoms with Crippen molar-refractivity contribution in [3.8, 4) is 11.5 Å². The molecule has 0 aliphatic heterocycles. The van der Waals surface area contributed by atoms with E-state index in [1.807, 2.05) is 0 Å². The van der Waals surface area contributed by atoms with Crippen molar-refractivity contribution in [1.29, 1.82) is 0 Å². The Labute approximate surface area is 147 Å². The number of aliphatic hydroxyl groups is 1. The van der Waals surface area contributed by atoms with Crippen LogP contribution in [0.3, 0.4) is 0 Å². The Bertz CT molecular complexity index is 804. The predicted molar refractivity (Wildman–Crippen MR) is 90.8 cm³/mol. The lowest BCUT2D eigenvalue weighted by Gasteiger charge is -1.97. The molecule has 0 saturated heterocycles. The van der Waals surface area contributed by atoms with Crippen LogP contribution < -0.4 is 0 Å². The van der Waals surface area contributed by atoms with Gasteiger partial charge >= 0.3 is 11.9 Å². The summed E-state index contributed by atoms with van der Waals surface area (Å²) in [7, 11) is 0. The van der Waals surface area contributed by atoms with E-state index in [1.54, 1.807) is 0 Å². The first-order valence-electron chi connectivity index (χ1n) is 7.16. The van der Waals surface area contributed by atoms with E-state index in [0.29, 0.717) is 11.1 Å². The van der Waals surface area contributed by atoms with Gasteiger partial charge in [0.05, 0.1) is 0 Å². The van der Waals surface area contributed by atoms with E-state index < -0.39 is 23.5 Å². The molecule has 0 fully saturated rings. The number of carbonyl (C=O) groups is 3. The standard InChI is InChI=1S/2C9H8O4/c2*10-7-3-1-6(2-4-7)5-8(11)9(12)13/h1-4,10H,5H2,(H,12,13);1-5,10-11H,(H,12,13)/b;8-5-. The molecule has 0 unspecified atom stereocenters. The van der Waals surface area contributed by atoms with E-state index in [1.165, 1.54) is 48.5 Å². The van der Waals surface area contributed by atoms with E-state index in [4.69, 9.17) is 25.5 Å². The quantitative estimate of drug-likeness (QED) is 0.308. The van der Waals surface area contributed by atoms with E-state index in [-0.39, 0.29) is 17.9 Å². The summed E-state index contributed by atoms with van der Waals surface area (Å²) < 4.78 is 0. The number of aliphatic hydroxyl groups excluding tert-OH is 1. The average molecular weight is 360 g/mol. The molecule has 0 aliphatic carbocycles. The van der Waals surface area contributed by atoms with Gasteiger partial charge < -0.3 is 25.5 Å². The number of hydrogen-bond acceptors (Lipinski definition) is 6. The number of aliphatic carboxylic acids is 2. The van der Waals surface area contributed by atoms with E-state index in [2.05, 4.69) is 0 Å². The molecule has 26 heavy (non-hydrogen) atoms. The third-order valence-corrected chi connectivity index (χ3v) is 2.96. The van der Waals surface area contributed by atoms with Crippen molar-refractivity contribution in [3.05, 3.63) is 65.4 Å². The van der Waals surface area contributed by atoms with Crippen molar-refractivity contribution < 1.29 is 39.9 Å². The van der Waals surface area contributed by atoms with Crippen molar-refractivity contribution in [2.75, 3.05) is 0 Å². The van der Waals surface area contributed by atoms with Crippen LogP contribution in [0.25, 0.3) is 6.08 Å². The normalized spacial score (nSPS) is 10.4. The summed E-state index contributed by atoms with van der Waals surface area (Å²) in [5.74, 6) is -4.23. The number of Topliss-reactive ketones (excluding diaryl/α,β-unsaturated/α-hetero) is 1. The summed E-state index contributed by atoms with van der Waals surface area (Å²) in [6.45, 7) is 0. The molecule has 5 N–H and O–H groups in total. The van der Waals surface area contributed by atoms with Gasteiger partial charge in [0.15, 0.2) is 0 Å². The van der Waals surface area contributed by atoms with Crippen LogP contribution in [0.4, 0.5) is 0 Å².